The first-order valence-corrected chi connectivity index (χ1v) is 8.76. The smallest absolute Gasteiger partial charge is 0.269 e. The zero-order chi connectivity index (χ0) is 18.7. The first-order valence-electron chi connectivity index (χ1n) is 8.76. The Hall–Kier alpha value is -3.47. The van der Waals surface area contributed by atoms with Gasteiger partial charge in [0.2, 0.25) is 0 Å². The molecule has 0 atom stereocenters. The van der Waals surface area contributed by atoms with Gasteiger partial charge in [-0.3, -0.25) is 10.1 Å². The summed E-state index contributed by atoms with van der Waals surface area (Å²) in [6, 6.07) is 26.8. The Bertz CT molecular complexity index is 918. The van der Waals surface area contributed by atoms with E-state index >= 15 is 0 Å². The Morgan fingerprint density at radius 3 is 1.81 bits per heavy atom. The molecular formula is C22H18N2O3. The fourth-order valence-electron chi connectivity index (χ4n) is 3.54. The minimum atomic E-state index is -0.435. The van der Waals surface area contributed by atoms with Crippen LogP contribution in [0.15, 0.2) is 90.1 Å². The third-order valence-corrected chi connectivity index (χ3v) is 4.99. The highest BCUT2D eigenvalue weighted by Gasteiger charge is 2.45. The second-order valence-corrected chi connectivity index (χ2v) is 6.67. The van der Waals surface area contributed by atoms with Gasteiger partial charge in [-0.25, -0.2) is 0 Å². The normalized spacial score (nSPS) is 14.9. The van der Waals surface area contributed by atoms with Gasteiger partial charge >= 0.3 is 0 Å². The highest BCUT2D eigenvalue weighted by atomic mass is 16.6. The van der Waals surface area contributed by atoms with Crippen LogP contribution in [-0.4, -0.2) is 10.6 Å². The van der Waals surface area contributed by atoms with Crippen LogP contribution in [0, 0.1) is 10.1 Å². The van der Waals surface area contributed by atoms with Crippen LogP contribution in [0.5, 0.6) is 5.75 Å². The monoisotopic (exact) mass is 358 g/mol. The summed E-state index contributed by atoms with van der Waals surface area (Å²) >= 11 is 0. The molecule has 0 N–H and O–H groups in total. The Kier molecular flexibility index (Phi) is 4.42. The molecule has 0 amide bonds. The standard InChI is InChI=1S/C22H18N2O3/c25-24(26)20-11-13-21(14-12-20)27-23-19-15-22(16-19,17-7-3-1-4-8-17)18-9-5-2-6-10-18/h1-14H,15-16H2. The predicted octanol–water partition coefficient (Wildman–Crippen LogP) is 5.11. The Balaban J connectivity index is 1.53. The third kappa shape index (κ3) is 3.31. The number of oxime groups is 1. The third-order valence-electron chi connectivity index (χ3n) is 4.99. The molecule has 1 saturated carbocycles. The fourth-order valence-corrected chi connectivity index (χ4v) is 3.54. The van der Waals surface area contributed by atoms with Crippen molar-refractivity contribution in [3.05, 3.63) is 106 Å². The minimum absolute atomic E-state index is 0.0332. The van der Waals surface area contributed by atoms with Gasteiger partial charge in [0, 0.05) is 30.4 Å². The molecular weight excluding hydrogens is 340 g/mol. The second-order valence-electron chi connectivity index (χ2n) is 6.67. The first-order chi connectivity index (χ1) is 13.2. The van der Waals surface area contributed by atoms with Crippen molar-refractivity contribution in [1.82, 2.24) is 0 Å². The zero-order valence-electron chi connectivity index (χ0n) is 14.6. The molecule has 3 aromatic rings. The summed E-state index contributed by atoms with van der Waals surface area (Å²) in [5.41, 5.74) is 3.46. The van der Waals surface area contributed by atoms with E-state index in [2.05, 4.69) is 53.7 Å². The van der Waals surface area contributed by atoms with Crippen molar-refractivity contribution in [3.63, 3.8) is 0 Å². The molecule has 0 radical (unpaired) electrons. The highest BCUT2D eigenvalue weighted by Crippen LogP contribution is 2.47. The molecule has 0 heterocycles. The average Bonchev–Trinajstić information content (AvgIpc) is 2.69. The summed E-state index contributed by atoms with van der Waals surface area (Å²) in [6.07, 6.45) is 1.57. The van der Waals surface area contributed by atoms with Gasteiger partial charge < -0.3 is 4.84 Å². The van der Waals surface area contributed by atoms with Gasteiger partial charge in [-0.05, 0) is 23.3 Å². The van der Waals surface area contributed by atoms with Crippen LogP contribution < -0.4 is 4.84 Å². The summed E-state index contributed by atoms with van der Waals surface area (Å²) in [7, 11) is 0. The number of non-ortho nitro benzene ring substituents is 1. The molecule has 5 heteroatoms. The van der Waals surface area contributed by atoms with Crippen LogP contribution in [0.1, 0.15) is 24.0 Å². The molecule has 0 unspecified atom stereocenters. The average molecular weight is 358 g/mol. The van der Waals surface area contributed by atoms with E-state index in [9.17, 15) is 10.1 Å². The van der Waals surface area contributed by atoms with E-state index in [0.717, 1.165) is 18.6 Å². The fraction of sp³-hybridized carbons (Fsp3) is 0.136. The molecule has 4 rings (SSSR count). The predicted molar refractivity (Wildman–Crippen MR) is 104 cm³/mol. The topological polar surface area (TPSA) is 64.7 Å². The molecule has 5 nitrogen and oxygen atoms in total. The molecule has 0 saturated heterocycles. The van der Waals surface area contributed by atoms with Crippen molar-refractivity contribution < 1.29 is 9.76 Å². The number of rotatable bonds is 5. The first kappa shape index (κ1) is 17.0. The Morgan fingerprint density at radius 1 is 0.815 bits per heavy atom. The molecule has 134 valence electrons. The highest BCUT2D eigenvalue weighted by molar-refractivity contribution is 5.94. The van der Waals surface area contributed by atoms with E-state index in [1.165, 1.54) is 23.3 Å². The second kappa shape index (κ2) is 7.03. The zero-order valence-corrected chi connectivity index (χ0v) is 14.6. The Labute approximate surface area is 157 Å². The summed E-state index contributed by atoms with van der Waals surface area (Å²) in [4.78, 5) is 15.8. The van der Waals surface area contributed by atoms with E-state index < -0.39 is 4.92 Å². The van der Waals surface area contributed by atoms with E-state index in [1.54, 1.807) is 12.1 Å². The van der Waals surface area contributed by atoms with Crippen LogP contribution >= 0.6 is 0 Å². The molecule has 27 heavy (non-hydrogen) atoms. The maximum absolute atomic E-state index is 10.7. The minimum Gasteiger partial charge on any atom is -0.357 e. The lowest BCUT2D eigenvalue weighted by molar-refractivity contribution is -0.384. The lowest BCUT2D eigenvalue weighted by Gasteiger charge is -2.43. The van der Waals surface area contributed by atoms with E-state index in [4.69, 9.17) is 4.84 Å². The maximum Gasteiger partial charge on any atom is 0.269 e. The number of hydrogen-bond acceptors (Lipinski definition) is 4. The molecule has 0 aliphatic heterocycles. The van der Waals surface area contributed by atoms with Crippen molar-refractivity contribution in [1.29, 1.82) is 0 Å². The van der Waals surface area contributed by atoms with Crippen molar-refractivity contribution in [2.24, 2.45) is 5.16 Å². The van der Waals surface area contributed by atoms with Gasteiger partial charge in [-0.15, -0.1) is 0 Å². The number of hydrogen-bond donors (Lipinski definition) is 0. The Morgan fingerprint density at radius 2 is 1.33 bits per heavy atom. The SMILES string of the molecule is O=[N+]([O-])c1ccc(ON=C2CC(c3ccccc3)(c3ccccc3)C2)cc1. The van der Waals surface area contributed by atoms with Crippen LogP contribution in [0.25, 0.3) is 0 Å². The lowest BCUT2D eigenvalue weighted by atomic mass is 9.59. The number of benzene rings is 3. The van der Waals surface area contributed by atoms with Crippen molar-refractivity contribution in [2.45, 2.75) is 18.3 Å². The van der Waals surface area contributed by atoms with Crippen LogP contribution in [-0.2, 0) is 5.41 Å². The summed E-state index contributed by atoms with van der Waals surface area (Å²) < 4.78 is 0. The summed E-state index contributed by atoms with van der Waals surface area (Å²) in [5.74, 6) is 0.491. The van der Waals surface area contributed by atoms with Gasteiger partial charge in [0.15, 0.2) is 5.75 Å². The van der Waals surface area contributed by atoms with E-state index in [1.807, 2.05) is 12.1 Å². The van der Waals surface area contributed by atoms with Crippen molar-refractivity contribution >= 4 is 11.4 Å². The number of nitro benzene ring substituents is 1. The van der Waals surface area contributed by atoms with Gasteiger partial charge in [-0.2, -0.15) is 0 Å². The number of nitro groups is 1. The van der Waals surface area contributed by atoms with Gasteiger partial charge in [0.05, 0.1) is 10.6 Å². The summed E-state index contributed by atoms with van der Waals surface area (Å²) in [5, 5.41) is 15.0. The molecule has 1 fully saturated rings. The molecule has 0 bridgehead atoms. The van der Waals surface area contributed by atoms with Gasteiger partial charge in [-0.1, -0.05) is 65.8 Å². The van der Waals surface area contributed by atoms with Crippen molar-refractivity contribution in [3.8, 4) is 5.75 Å². The summed E-state index contributed by atoms with van der Waals surface area (Å²) in [6.45, 7) is 0. The largest absolute Gasteiger partial charge is 0.357 e. The van der Waals surface area contributed by atoms with E-state index in [-0.39, 0.29) is 11.1 Å². The van der Waals surface area contributed by atoms with Gasteiger partial charge in [0.25, 0.3) is 5.69 Å². The van der Waals surface area contributed by atoms with Crippen LogP contribution in [0.2, 0.25) is 0 Å². The van der Waals surface area contributed by atoms with Crippen LogP contribution in [0.3, 0.4) is 0 Å². The lowest BCUT2D eigenvalue weighted by Crippen LogP contribution is -2.43. The molecule has 0 aromatic heterocycles. The maximum atomic E-state index is 10.7. The quantitative estimate of drug-likeness (QED) is 0.470. The van der Waals surface area contributed by atoms with Gasteiger partial charge in [0.1, 0.15) is 0 Å². The molecule has 0 spiro atoms. The van der Waals surface area contributed by atoms with Crippen molar-refractivity contribution in [2.75, 3.05) is 0 Å². The number of nitrogens with zero attached hydrogens (tertiary/aromatic N) is 2. The van der Waals surface area contributed by atoms with E-state index in [0.29, 0.717) is 5.75 Å². The molecule has 3 aromatic carbocycles. The molecule has 1 aliphatic rings. The van der Waals surface area contributed by atoms with Crippen LogP contribution in [0.4, 0.5) is 5.69 Å². The molecule has 1 aliphatic carbocycles.